The van der Waals surface area contributed by atoms with Crippen LogP contribution in [-0.2, 0) is 6.54 Å². The van der Waals surface area contributed by atoms with E-state index in [0.717, 1.165) is 22.8 Å². The first-order valence-electron chi connectivity index (χ1n) is 7.23. The smallest absolute Gasteiger partial charge is 0.213 e. The minimum absolute atomic E-state index is 0.301. The lowest BCUT2D eigenvalue weighted by atomic mass is 10.3. The van der Waals surface area contributed by atoms with Crippen molar-refractivity contribution in [3.63, 3.8) is 0 Å². The molecule has 3 aromatic rings. The van der Waals surface area contributed by atoms with Crippen molar-refractivity contribution in [1.29, 1.82) is 0 Å². The number of aryl methyl sites for hydroxylation is 1. The maximum absolute atomic E-state index is 12.1. The number of pyridine rings is 1. The van der Waals surface area contributed by atoms with Crippen molar-refractivity contribution in [1.82, 2.24) is 25.0 Å². The maximum Gasteiger partial charge on any atom is 0.213 e. The summed E-state index contributed by atoms with van der Waals surface area (Å²) in [5.41, 5.74) is 2.22. The van der Waals surface area contributed by atoms with Crippen LogP contribution < -0.4 is 4.74 Å². The molecule has 23 heavy (non-hydrogen) atoms. The van der Waals surface area contributed by atoms with Crippen LogP contribution in [0.3, 0.4) is 0 Å². The molecule has 0 amide bonds. The zero-order valence-electron chi connectivity index (χ0n) is 12.6. The van der Waals surface area contributed by atoms with E-state index in [-0.39, 0.29) is 6.67 Å². The second-order valence-corrected chi connectivity index (χ2v) is 5.72. The normalized spacial score (nSPS) is 10.9. The van der Waals surface area contributed by atoms with Crippen LogP contribution >= 0.6 is 11.3 Å². The Kier molecular flexibility index (Phi) is 4.92. The SMILES string of the molecule is COc1cccc(-c2nc(-c3cn(CCCCF)nn3)cs2)n1. The molecule has 0 spiro atoms. The van der Waals surface area contributed by atoms with Gasteiger partial charge in [-0.25, -0.2) is 9.97 Å². The van der Waals surface area contributed by atoms with Crippen molar-refractivity contribution in [3.8, 4) is 28.0 Å². The molecule has 3 heterocycles. The fraction of sp³-hybridized carbons (Fsp3) is 0.333. The molecule has 0 aromatic carbocycles. The molecule has 0 aliphatic carbocycles. The Morgan fingerprint density at radius 2 is 2.09 bits per heavy atom. The van der Waals surface area contributed by atoms with Gasteiger partial charge in [-0.3, -0.25) is 9.07 Å². The first kappa shape index (κ1) is 15.5. The summed E-state index contributed by atoms with van der Waals surface area (Å²) >= 11 is 1.49. The Morgan fingerprint density at radius 1 is 1.17 bits per heavy atom. The molecule has 3 rings (SSSR count). The van der Waals surface area contributed by atoms with Crippen molar-refractivity contribution >= 4 is 11.3 Å². The average molecular weight is 333 g/mol. The summed E-state index contributed by atoms with van der Waals surface area (Å²) in [7, 11) is 1.58. The monoisotopic (exact) mass is 333 g/mol. The molecule has 0 saturated carbocycles. The Morgan fingerprint density at radius 3 is 2.91 bits per heavy atom. The van der Waals surface area contributed by atoms with Gasteiger partial charge in [0, 0.05) is 18.0 Å². The van der Waals surface area contributed by atoms with Gasteiger partial charge in [0.2, 0.25) is 5.88 Å². The standard InChI is InChI=1S/C15H16FN5OS/c1-22-14-6-4-5-11(17-14)15-18-13(10-23-15)12-9-21(20-19-12)8-3-2-7-16/h4-6,9-10H,2-3,7-8H2,1H3. The third-order valence-corrected chi connectivity index (χ3v) is 4.09. The Bertz CT molecular complexity index is 773. The van der Waals surface area contributed by atoms with Crippen LogP contribution in [0.2, 0.25) is 0 Å². The summed E-state index contributed by atoms with van der Waals surface area (Å²) in [4.78, 5) is 8.93. The van der Waals surface area contributed by atoms with Crippen LogP contribution in [0, 0.1) is 0 Å². The average Bonchev–Trinajstić information content (AvgIpc) is 3.24. The summed E-state index contributed by atoms with van der Waals surface area (Å²) in [6, 6.07) is 5.56. The van der Waals surface area contributed by atoms with Crippen LogP contribution in [0.15, 0.2) is 29.8 Å². The molecule has 0 aliphatic heterocycles. The summed E-state index contributed by atoms with van der Waals surface area (Å²) in [5, 5.41) is 10.9. The molecule has 120 valence electrons. The van der Waals surface area contributed by atoms with Crippen molar-refractivity contribution in [2.24, 2.45) is 0 Å². The molecule has 0 atom stereocenters. The number of hydrogen-bond acceptors (Lipinski definition) is 6. The third-order valence-electron chi connectivity index (χ3n) is 3.23. The second kappa shape index (κ2) is 7.28. The van der Waals surface area contributed by atoms with E-state index in [0.29, 0.717) is 24.5 Å². The lowest BCUT2D eigenvalue weighted by Gasteiger charge is -1.99. The molecule has 0 unspecified atom stereocenters. The molecule has 0 aliphatic rings. The van der Waals surface area contributed by atoms with Crippen molar-refractivity contribution in [2.75, 3.05) is 13.8 Å². The van der Waals surface area contributed by atoms with E-state index in [2.05, 4.69) is 20.3 Å². The minimum atomic E-state index is -0.301. The molecule has 0 radical (unpaired) electrons. The molecule has 0 bridgehead atoms. The highest BCUT2D eigenvalue weighted by Gasteiger charge is 2.11. The van der Waals surface area contributed by atoms with Crippen LogP contribution in [0.4, 0.5) is 4.39 Å². The van der Waals surface area contributed by atoms with Crippen LogP contribution in [0.5, 0.6) is 5.88 Å². The van der Waals surface area contributed by atoms with Gasteiger partial charge in [-0.05, 0) is 18.9 Å². The molecule has 3 aromatic heterocycles. The number of rotatable bonds is 7. The zero-order valence-corrected chi connectivity index (χ0v) is 13.5. The Balaban J connectivity index is 1.76. The van der Waals surface area contributed by atoms with Crippen molar-refractivity contribution < 1.29 is 9.13 Å². The topological polar surface area (TPSA) is 65.7 Å². The maximum atomic E-state index is 12.1. The van der Waals surface area contributed by atoms with Gasteiger partial charge >= 0.3 is 0 Å². The number of aromatic nitrogens is 5. The second-order valence-electron chi connectivity index (χ2n) is 4.87. The molecule has 8 heteroatoms. The van der Waals surface area contributed by atoms with Gasteiger partial charge in [-0.15, -0.1) is 16.4 Å². The fourth-order valence-electron chi connectivity index (χ4n) is 2.05. The van der Waals surface area contributed by atoms with Gasteiger partial charge in [0.25, 0.3) is 0 Å². The summed E-state index contributed by atoms with van der Waals surface area (Å²) in [5.74, 6) is 0.554. The molecule has 0 N–H and O–H groups in total. The highest BCUT2D eigenvalue weighted by molar-refractivity contribution is 7.13. The van der Waals surface area contributed by atoms with E-state index in [9.17, 15) is 4.39 Å². The van der Waals surface area contributed by atoms with Gasteiger partial charge in [-0.1, -0.05) is 11.3 Å². The minimum Gasteiger partial charge on any atom is -0.481 e. The quantitative estimate of drug-likeness (QED) is 0.621. The third kappa shape index (κ3) is 3.70. The molecule has 0 saturated heterocycles. The predicted octanol–water partition coefficient (Wildman–Crippen LogP) is 3.22. The van der Waals surface area contributed by atoms with Gasteiger partial charge < -0.3 is 4.74 Å². The largest absolute Gasteiger partial charge is 0.481 e. The van der Waals surface area contributed by atoms with Gasteiger partial charge in [0.15, 0.2) is 0 Å². The predicted molar refractivity (Wildman–Crippen MR) is 86.1 cm³/mol. The number of hydrogen-bond donors (Lipinski definition) is 0. The number of alkyl halides is 1. The summed E-state index contributed by atoms with van der Waals surface area (Å²) in [6.07, 6.45) is 3.11. The van der Waals surface area contributed by atoms with E-state index in [1.165, 1.54) is 11.3 Å². The number of methoxy groups -OCH3 is 1. The van der Waals surface area contributed by atoms with E-state index >= 15 is 0 Å². The van der Waals surface area contributed by atoms with Gasteiger partial charge in [0.1, 0.15) is 22.1 Å². The lowest BCUT2D eigenvalue weighted by molar-refractivity contribution is 0.398. The molecular weight excluding hydrogens is 317 g/mol. The van der Waals surface area contributed by atoms with E-state index in [4.69, 9.17) is 4.74 Å². The molecule has 0 fully saturated rings. The molecule has 6 nitrogen and oxygen atoms in total. The van der Waals surface area contributed by atoms with E-state index in [1.807, 2.05) is 23.7 Å². The number of nitrogens with zero attached hydrogens (tertiary/aromatic N) is 5. The van der Waals surface area contributed by atoms with E-state index < -0.39 is 0 Å². The van der Waals surface area contributed by atoms with Crippen LogP contribution in [-0.4, -0.2) is 38.7 Å². The summed E-state index contributed by atoms with van der Waals surface area (Å²) < 4.78 is 19.0. The number of halogens is 1. The number of thiazole rings is 1. The fourth-order valence-corrected chi connectivity index (χ4v) is 2.83. The molecular formula is C15H16FN5OS. The summed E-state index contributed by atoms with van der Waals surface area (Å²) in [6.45, 7) is 0.357. The number of ether oxygens (including phenoxy) is 1. The van der Waals surface area contributed by atoms with Crippen molar-refractivity contribution in [3.05, 3.63) is 29.8 Å². The van der Waals surface area contributed by atoms with E-state index in [1.54, 1.807) is 17.9 Å². The highest BCUT2D eigenvalue weighted by atomic mass is 32.1. The van der Waals surface area contributed by atoms with Crippen LogP contribution in [0.25, 0.3) is 22.1 Å². The Labute approximate surface area is 137 Å². The highest BCUT2D eigenvalue weighted by Crippen LogP contribution is 2.27. The van der Waals surface area contributed by atoms with Gasteiger partial charge in [-0.2, -0.15) is 0 Å². The van der Waals surface area contributed by atoms with Gasteiger partial charge in [0.05, 0.1) is 20.0 Å². The number of unbranched alkanes of at least 4 members (excludes halogenated alkanes) is 1. The van der Waals surface area contributed by atoms with Crippen LogP contribution in [0.1, 0.15) is 12.8 Å². The lowest BCUT2D eigenvalue weighted by Crippen LogP contribution is -1.98. The first-order valence-corrected chi connectivity index (χ1v) is 8.11. The Hall–Kier alpha value is -2.35. The first-order chi connectivity index (χ1) is 11.3. The van der Waals surface area contributed by atoms with Crippen molar-refractivity contribution in [2.45, 2.75) is 19.4 Å². The zero-order chi connectivity index (χ0) is 16.1.